The maximum atomic E-state index is 6.02. The zero-order valence-electron chi connectivity index (χ0n) is 20.3. The molecule has 0 aliphatic carbocycles. The van der Waals surface area contributed by atoms with Crippen LogP contribution in [0.2, 0.25) is 5.02 Å². The molecule has 1 fully saturated rings. The van der Waals surface area contributed by atoms with Gasteiger partial charge in [-0.15, -0.1) is 0 Å². The molecule has 5 aromatic rings. The summed E-state index contributed by atoms with van der Waals surface area (Å²) in [5.41, 5.74) is 5.51. The van der Waals surface area contributed by atoms with Crippen LogP contribution >= 0.6 is 11.6 Å². The Labute approximate surface area is 216 Å². The fraction of sp³-hybridized carbons (Fsp3) is 0.233. The molecule has 0 radical (unpaired) electrons. The van der Waals surface area contributed by atoms with E-state index >= 15 is 0 Å². The molecule has 0 unspecified atom stereocenters. The van der Waals surface area contributed by atoms with E-state index in [1.54, 1.807) is 0 Å². The van der Waals surface area contributed by atoms with Crippen molar-refractivity contribution in [3.05, 3.63) is 95.4 Å². The first-order valence-electron chi connectivity index (χ1n) is 12.5. The lowest BCUT2D eigenvalue weighted by atomic mass is 9.99. The summed E-state index contributed by atoms with van der Waals surface area (Å²) in [6.07, 6.45) is 5.99. The number of piperidine rings is 1. The molecule has 1 aliphatic heterocycles. The summed E-state index contributed by atoms with van der Waals surface area (Å²) in [5, 5.41) is 7.80. The minimum atomic E-state index is 0.379. The van der Waals surface area contributed by atoms with Gasteiger partial charge in [0.25, 0.3) is 0 Å². The van der Waals surface area contributed by atoms with Gasteiger partial charge in [0.2, 0.25) is 5.95 Å². The maximum absolute atomic E-state index is 6.02. The van der Waals surface area contributed by atoms with Crippen LogP contribution in [0.1, 0.15) is 24.1 Å². The van der Waals surface area contributed by atoms with Crippen molar-refractivity contribution in [2.45, 2.75) is 32.4 Å². The zero-order chi connectivity index (χ0) is 24.5. The largest absolute Gasteiger partial charge is 0.351 e. The van der Waals surface area contributed by atoms with Gasteiger partial charge in [-0.1, -0.05) is 54.1 Å². The van der Waals surface area contributed by atoms with Crippen LogP contribution in [0.3, 0.4) is 0 Å². The van der Waals surface area contributed by atoms with Crippen molar-refractivity contribution >= 4 is 39.2 Å². The molecule has 0 bridgehead atoms. The monoisotopic (exact) mass is 493 g/mol. The maximum Gasteiger partial charge on any atom is 0.223 e. The van der Waals surface area contributed by atoms with Gasteiger partial charge in [0.1, 0.15) is 0 Å². The first kappa shape index (κ1) is 22.9. The molecule has 2 aromatic heterocycles. The second-order valence-corrected chi connectivity index (χ2v) is 10.0. The highest BCUT2D eigenvalue weighted by Gasteiger charge is 2.20. The molecule has 3 aromatic carbocycles. The quantitative estimate of drug-likeness (QED) is 0.289. The number of pyridine rings is 1. The van der Waals surface area contributed by atoms with Crippen LogP contribution in [0.4, 0.5) is 5.95 Å². The van der Waals surface area contributed by atoms with Crippen molar-refractivity contribution in [3.63, 3.8) is 0 Å². The van der Waals surface area contributed by atoms with Gasteiger partial charge in [-0.3, -0.25) is 9.88 Å². The Hall–Kier alpha value is -3.54. The van der Waals surface area contributed by atoms with Gasteiger partial charge >= 0.3 is 0 Å². The van der Waals surface area contributed by atoms with E-state index in [1.165, 1.54) is 10.9 Å². The lowest BCUT2D eigenvalue weighted by Crippen LogP contribution is -2.39. The van der Waals surface area contributed by atoms with Crippen LogP contribution in [0, 0.1) is 6.92 Å². The predicted molar refractivity (Wildman–Crippen MR) is 148 cm³/mol. The Morgan fingerprint density at radius 1 is 0.917 bits per heavy atom. The fourth-order valence-electron chi connectivity index (χ4n) is 5.13. The van der Waals surface area contributed by atoms with Crippen LogP contribution in [0.15, 0.2) is 79.1 Å². The number of anilines is 1. The third-order valence-corrected chi connectivity index (χ3v) is 7.36. The van der Waals surface area contributed by atoms with E-state index in [4.69, 9.17) is 21.6 Å². The number of hydrogen-bond acceptors (Lipinski definition) is 5. The van der Waals surface area contributed by atoms with Crippen molar-refractivity contribution in [3.8, 4) is 11.1 Å². The minimum Gasteiger partial charge on any atom is -0.351 e. The van der Waals surface area contributed by atoms with Crippen LogP contribution < -0.4 is 5.32 Å². The smallest absolute Gasteiger partial charge is 0.223 e. The number of nitrogens with zero attached hydrogens (tertiary/aromatic N) is 4. The summed E-state index contributed by atoms with van der Waals surface area (Å²) >= 11 is 6.02. The lowest BCUT2D eigenvalue weighted by molar-refractivity contribution is 0.211. The molecular weight excluding hydrogens is 466 g/mol. The van der Waals surface area contributed by atoms with Crippen LogP contribution in [-0.4, -0.2) is 39.0 Å². The topological polar surface area (TPSA) is 53.9 Å². The van der Waals surface area contributed by atoms with E-state index in [-0.39, 0.29) is 0 Å². The van der Waals surface area contributed by atoms with E-state index in [0.717, 1.165) is 76.6 Å². The highest BCUT2D eigenvalue weighted by Crippen LogP contribution is 2.31. The molecule has 5 nitrogen and oxygen atoms in total. The molecule has 180 valence electrons. The Morgan fingerprint density at radius 2 is 1.72 bits per heavy atom. The summed E-state index contributed by atoms with van der Waals surface area (Å²) in [5.74, 6) is 0.718. The SMILES string of the molecule is Cc1nc(NC2CCN(Cc3ccc(Cl)cc3)CC2)nc2ccc(-c3cncc4ccccc34)cc12. The van der Waals surface area contributed by atoms with Crippen molar-refractivity contribution in [1.82, 2.24) is 19.9 Å². The van der Waals surface area contributed by atoms with E-state index in [2.05, 4.69) is 70.7 Å². The van der Waals surface area contributed by atoms with Gasteiger partial charge in [-0.05, 0) is 60.5 Å². The number of benzene rings is 3. The molecule has 3 heterocycles. The molecule has 6 rings (SSSR count). The van der Waals surface area contributed by atoms with Gasteiger partial charge in [-0.2, -0.15) is 0 Å². The number of hydrogen-bond donors (Lipinski definition) is 1. The molecule has 6 heteroatoms. The number of aromatic nitrogens is 3. The first-order valence-corrected chi connectivity index (χ1v) is 12.8. The van der Waals surface area contributed by atoms with Gasteiger partial charge < -0.3 is 5.32 Å². The minimum absolute atomic E-state index is 0.379. The van der Waals surface area contributed by atoms with Crippen molar-refractivity contribution < 1.29 is 0 Å². The number of rotatable bonds is 5. The highest BCUT2D eigenvalue weighted by molar-refractivity contribution is 6.30. The van der Waals surface area contributed by atoms with Crippen LogP contribution in [-0.2, 0) is 6.54 Å². The lowest BCUT2D eigenvalue weighted by Gasteiger charge is -2.32. The molecule has 1 saturated heterocycles. The summed E-state index contributed by atoms with van der Waals surface area (Å²) in [4.78, 5) is 16.6. The summed E-state index contributed by atoms with van der Waals surface area (Å²) in [6, 6.07) is 23.3. The molecule has 1 N–H and O–H groups in total. The first-order chi connectivity index (χ1) is 17.6. The number of halogens is 1. The number of fused-ring (bicyclic) bond motifs is 2. The fourth-order valence-corrected chi connectivity index (χ4v) is 5.25. The molecule has 0 saturated carbocycles. The van der Waals surface area contributed by atoms with E-state index in [1.807, 2.05) is 30.6 Å². The Morgan fingerprint density at radius 3 is 2.56 bits per heavy atom. The summed E-state index contributed by atoms with van der Waals surface area (Å²) in [7, 11) is 0. The van der Waals surface area contributed by atoms with Crippen molar-refractivity contribution in [2.24, 2.45) is 0 Å². The predicted octanol–water partition coefficient (Wildman–Crippen LogP) is 6.88. The number of aryl methyl sites for hydroxylation is 1. The van der Waals surface area contributed by atoms with Crippen molar-refractivity contribution in [2.75, 3.05) is 18.4 Å². The van der Waals surface area contributed by atoms with Gasteiger partial charge in [0.15, 0.2) is 0 Å². The van der Waals surface area contributed by atoms with Crippen LogP contribution in [0.5, 0.6) is 0 Å². The highest BCUT2D eigenvalue weighted by atomic mass is 35.5. The van der Waals surface area contributed by atoms with Crippen LogP contribution in [0.25, 0.3) is 32.8 Å². The standard InChI is InChI=1S/C30H28ClN5/c1-20-27-16-22(28-18-32-17-23-4-2-3-5-26(23)28)8-11-29(27)35-30(33-20)34-25-12-14-36(15-13-25)19-21-6-9-24(31)10-7-21/h2-11,16-18,25H,12-15,19H2,1H3,(H,33,34,35). The second-order valence-electron chi connectivity index (χ2n) is 9.59. The third-order valence-electron chi connectivity index (χ3n) is 7.11. The Kier molecular flexibility index (Phi) is 6.26. The third kappa shape index (κ3) is 4.77. The summed E-state index contributed by atoms with van der Waals surface area (Å²) in [6.45, 7) is 5.13. The molecule has 1 aliphatic rings. The number of likely N-dealkylation sites (tertiary alicyclic amines) is 1. The second kappa shape index (κ2) is 9.84. The van der Waals surface area contributed by atoms with E-state index in [9.17, 15) is 0 Å². The zero-order valence-corrected chi connectivity index (χ0v) is 21.0. The molecule has 36 heavy (non-hydrogen) atoms. The van der Waals surface area contributed by atoms with Gasteiger partial charge in [0, 0.05) is 59.4 Å². The number of nitrogens with one attached hydrogen (secondary N) is 1. The normalized spacial score (nSPS) is 14.9. The molecule has 0 amide bonds. The Bertz CT molecular complexity index is 1520. The Balaban J connectivity index is 1.16. The molecular formula is C30H28ClN5. The average molecular weight is 494 g/mol. The van der Waals surface area contributed by atoms with Gasteiger partial charge in [0.05, 0.1) is 11.2 Å². The van der Waals surface area contributed by atoms with E-state index in [0.29, 0.717) is 6.04 Å². The van der Waals surface area contributed by atoms with E-state index < -0.39 is 0 Å². The summed E-state index contributed by atoms with van der Waals surface area (Å²) < 4.78 is 0. The van der Waals surface area contributed by atoms with Crippen molar-refractivity contribution in [1.29, 1.82) is 0 Å². The molecule has 0 spiro atoms. The average Bonchev–Trinajstić information content (AvgIpc) is 2.91. The van der Waals surface area contributed by atoms with Gasteiger partial charge in [-0.25, -0.2) is 9.97 Å². The molecule has 0 atom stereocenters.